The zero-order chi connectivity index (χ0) is 15.5. The van der Waals surface area contributed by atoms with E-state index in [1.54, 1.807) is 0 Å². The molecule has 3 rings (SSSR count). The largest absolute Gasteiger partial charge is 0.337 e. The summed E-state index contributed by atoms with van der Waals surface area (Å²) < 4.78 is 1.88. The van der Waals surface area contributed by atoms with Crippen LogP contribution in [-0.2, 0) is 0 Å². The highest BCUT2D eigenvalue weighted by molar-refractivity contribution is 5.91. The van der Waals surface area contributed by atoms with Crippen LogP contribution in [0.15, 0.2) is 6.20 Å². The maximum atomic E-state index is 12.6. The minimum Gasteiger partial charge on any atom is -0.337 e. The first kappa shape index (κ1) is 15.5. The summed E-state index contributed by atoms with van der Waals surface area (Å²) in [5.74, 6) is 0.806. The van der Waals surface area contributed by atoms with Gasteiger partial charge in [-0.1, -0.05) is 12.1 Å². The fraction of sp³-hybridized carbons (Fsp3) is 0.812. The molecule has 0 bridgehead atoms. The van der Waals surface area contributed by atoms with Gasteiger partial charge in [0.05, 0.1) is 12.2 Å². The molecule has 1 aliphatic heterocycles. The highest BCUT2D eigenvalue weighted by Crippen LogP contribution is 2.27. The van der Waals surface area contributed by atoms with Crippen LogP contribution in [0.4, 0.5) is 0 Å². The second kappa shape index (κ2) is 6.77. The number of carbonyl (C=O) groups is 1. The monoisotopic (exact) mass is 305 g/mol. The van der Waals surface area contributed by atoms with Crippen molar-refractivity contribution in [2.45, 2.75) is 57.5 Å². The van der Waals surface area contributed by atoms with Crippen molar-refractivity contribution >= 4 is 5.91 Å². The molecule has 1 aliphatic carbocycles. The smallest absolute Gasteiger partial charge is 0.276 e. The van der Waals surface area contributed by atoms with Gasteiger partial charge in [-0.3, -0.25) is 4.79 Å². The van der Waals surface area contributed by atoms with E-state index >= 15 is 0 Å². The van der Waals surface area contributed by atoms with E-state index < -0.39 is 0 Å². The van der Waals surface area contributed by atoms with Crippen molar-refractivity contribution in [1.82, 2.24) is 25.2 Å². The molecular formula is C16H27N5O. The first-order valence-electron chi connectivity index (χ1n) is 8.55. The molecule has 0 aromatic carbocycles. The van der Waals surface area contributed by atoms with Crippen molar-refractivity contribution in [1.29, 1.82) is 0 Å². The Morgan fingerprint density at radius 3 is 2.59 bits per heavy atom. The predicted molar refractivity (Wildman–Crippen MR) is 84.7 cm³/mol. The summed E-state index contributed by atoms with van der Waals surface area (Å²) in [4.78, 5) is 14.5. The molecule has 1 saturated heterocycles. The average Bonchev–Trinajstić information content (AvgIpc) is 3.05. The van der Waals surface area contributed by atoms with Crippen LogP contribution in [-0.4, -0.2) is 52.0 Å². The maximum Gasteiger partial charge on any atom is 0.276 e. The summed E-state index contributed by atoms with van der Waals surface area (Å²) in [6.07, 6.45) is 8.56. The summed E-state index contributed by atoms with van der Waals surface area (Å²) >= 11 is 0. The van der Waals surface area contributed by atoms with Gasteiger partial charge in [-0.25, -0.2) is 4.68 Å². The van der Waals surface area contributed by atoms with Crippen molar-refractivity contribution in [2.75, 3.05) is 20.1 Å². The molecule has 6 nitrogen and oxygen atoms in total. The van der Waals surface area contributed by atoms with Crippen molar-refractivity contribution < 1.29 is 4.79 Å². The molecule has 0 radical (unpaired) electrons. The third-order valence-corrected chi connectivity index (χ3v) is 5.27. The number of aromatic nitrogens is 3. The van der Waals surface area contributed by atoms with Crippen molar-refractivity contribution in [3.8, 4) is 0 Å². The number of rotatable bonds is 3. The number of carbonyl (C=O) groups excluding carboxylic acids is 1. The van der Waals surface area contributed by atoms with Gasteiger partial charge in [0, 0.05) is 13.1 Å². The molecule has 0 atom stereocenters. The molecule has 0 spiro atoms. The Hall–Kier alpha value is -1.43. The predicted octanol–water partition coefficient (Wildman–Crippen LogP) is 1.85. The van der Waals surface area contributed by atoms with Crippen LogP contribution in [0, 0.1) is 5.92 Å². The van der Waals surface area contributed by atoms with Gasteiger partial charge in [-0.15, -0.1) is 5.10 Å². The lowest BCUT2D eigenvalue weighted by molar-refractivity contribution is 0.0673. The molecule has 6 heteroatoms. The maximum absolute atomic E-state index is 12.6. The van der Waals surface area contributed by atoms with Crippen LogP contribution in [0.25, 0.3) is 0 Å². The molecule has 22 heavy (non-hydrogen) atoms. The Morgan fingerprint density at radius 1 is 1.23 bits per heavy atom. The summed E-state index contributed by atoms with van der Waals surface area (Å²) in [5, 5.41) is 11.7. The molecule has 1 amide bonds. The SMILES string of the molecule is CC1CCC(N(C)C(=O)c2cn(C3CCNCC3)nn2)CC1. The Bertz CT molecular complexity index is 500. The van der Waals surface area contributed by atoms with Gasteiger partial charge in [0.2, 0.25) is 0 Å². The Kier molecular flexibility index (Phi) is 4.76. The molecule has 2 fully saturated rings. The summed E-state index contributed by atoms with van der Waals surface area (Å²) in [5.41, 5.74) is 0.486. The fourth-order valence-corrected chi connectivity index (χ4v) is 3.60. The number of amides is 1. The van der Waals surface area contributed by atoms with Gasteiger partial charge < -0.3 is 10.2 Å². The second-order valence-electron chi connectivity index (χ2n) is 6.89. The van der Waals surface area contributed by atoms with Crippen LogP contribution in [0.1, 0.15) is 62.0 Å². The standard InChI is InChI=1S/C16H27N5O/c1-12-3-5-13(6-4-12)20(2)16(22)15-11-21(19-18-15)14-7-9-17-10-8-14/h11-14,17H,3-10H2,1-2H3. The van der Waals surface area contributed by atoms with Crippen LogP contribution in [0.3, 0.4) is 0 Å². The first-order valence-corrected chi connectivity index (χ1v) is 8.55. The molecule has 0 unspecified atom stereocenters. The summed E-state index contributed by atoms with van der Waals surface area (Å²) in [6.45, 7) is 4.31. The minimum atomic E-state index is 0.0136. The second-order valence-corrected chi connectivity index (χ2v) is 6.89. The van der Waals surface area contributed by atoms with Gasteiger partial charge >= 0.3 is 0 Å². The summed E-state index contributed by atoms with van der Waals surface area (Å²) in [7, 11) is 1.91. The van der Waals surface area contributed by atoms with E-state index in [0.717, 1.165) is 44.7 Å². The van der Waals surface area contributed by atoms with E-state index in [9.17, 15) is 4.79 Å². The zero-order valence-electron chi connectivity index (χ0n) is 13.7. The van der Waals surface area contributed by atoms with E-state index in [4.69, 9.17) is 0 Å². The molecule has 1 saturated carbocycles. The van der Waals surface area contributed by atoms with Crippen LogP contribution in [0.5, 0.6) is 0 Å². The van der Waals surface area contributed by atoms with Gasteiger partial charge in [-0.2, -0.15) is 0 Å². The topological polar surface area (TPSA) is 63.1 Å². The molecular weight excluding hydrogens is 278 g/mol. The quantitative estimate of drug-likeness (QED) is 0.926. The molecule has 1 aromatic heterocycles. The van der Waals surface area contributed by atoms with Gasteiger partial charge in [0.25, 0.3) is 5.91 Å². The summed E-state index contributed by atoms with van der Waals surface area (Å²) in [6, 6.07) is 0.726. The first-order chi connectivity index (χ1) is 10.6. The van der Waals surface area contributed by atoms with Crippen LogP contribution >= 0.6 is 0 Å². The van der Waals surface area contributed by atoms with E-state index in [0.29, 0.717) is 17.8 Å². The van der Waals surface area contributed by atoms with E-state index in [-0.39, 0.29) is 5.91 Å². The molecule has 1 aromatic rings. The number of piperidine rings is 1. The van der Waals surface area contributed by atoms with Crippen LogP contribution in [0.2, 0.25) is 0 Å². The molecule has 2 aliphatic rings. The highest BCUT2D eigenvalue weighted by Gasteiger charge is 2.27. The number of hydrogen-bond donors (Lipinski definition) is 1. The number of nitrogens with zero attached hydrogens (tertiary/aromatic N) is 4. The van der Waals surface area contributed by atoms with Crippen molar-refractivity contribution in [3.05, 3.63) is 11.9 Å². The van der Waals surface area contributed by atoms with Crippen molar-refractivity contribution in [2.24, 2.45) is 5.92 Å². The third-order valence-electron chi connectivity index (χ3n) is 5.27. The van der Waals surface area contributed by atoms with Gasteiger partial charge in [-0.05, 0) is 57.5 Å². The van der Waals surface area contributed by atoms with E-state index in [2.05, 4.69) is 22.6 Å². The van der Waals surface area contributed by atoms with Crippen molar-refractivity contribution in [3.63, 3.8) is 0 Å². The highest BCUT2D eigenvalue weighted by atomic mass is 16.2. The lowest BCUT2D eigenvalue weighted by atomic mass is 9.86. The Labute approximate surface area is 132 Å². The van der Waals surface area contributed by atoms with E-state index in [1.807, 2.05) is 22.8 Å². The minimum absolute atomic E-state index is 0.0136. The van der Waals surface area contributed by atoms with Crippen LogP contribution < -0.4 is 5.32 Å². The zero-order valence-corrected chi connectivity index (χ0v) is 13.7. The number of hydrogen-bond acceptors (Lipinski definition) is 4. The van der Waals surface area contributed by atoms with E-state index in [1.165, 1.54) is 12.8 Å². The molecule has 2 heterocycles. The van der Waals surface area contributed by atoms with Gasteiger partial charge in [0.15, 0.2) is 5.69 Å². The molecule has 1 N–H and O–H groups in total. The molecule has 122 valence electrons. The number of nitrogens with one attached hydrogen (secondary N) is 1. The third kappa shape index (κ3) is 3.32. The van der Waals surface area contributed by atoms with Gasteiger partial charge in [0.1, 0.15) is 0 Å². The lowest BCUT2D eigenvalue weighted by Gasteiger charge is -2.33. The fourth-order valence-electron chi connectivity index (χ4n) is 3.60. The normalized spacial score (nSPS) is 26.8. The lowest BCUT2D eigenvalue weighted by Crippen LogP contribution is -2.39. The Morgan fingerprint density at radius 2 is 1.91 bits per heavy atom. The average molecular weight is 305 g/mol. The Balaban J connectivity index is 1.63.